The second-order valence-electron chi connectivity index (χ2n) is 4.60. The molecule has 1 fully saturated rings. The molecule has 0 radical (unpaired) electrons. The van der Waals surface area contributed by atoms with E-state index in [1.165, 1.54) is 12.1 Å². The molecule has 0 spiro atoms. The van der Waals surface area contributed by atoms with E-state index in [9.17, 15) is 9.18 Å². The van der Waals surface area contributed by atoms with Crippen molar-refractivity contribution >= 4 is 11.6 Å². The molecule has 0 aliphatic carbocycles. The van der Waals surface area contributed by atoms with Crippen molar-refractivity contribution in [3.05, 3.63) is 29.6 Å². The number of carbonyl (C=O) groups excluding carboxylic acids is 1. The summed E-state index contributed by atoms with van der Waals surface area (Å²) in [6.45, 7) is 3.53. The number of halogens is 1. The summed E-state index contributed by atoms with van der Waals surface area (Å²) in [7, 11) is 0. The lowest BCUT2D eigenvalue weighted by molar-refractivity contribution is -0.120. The maximum Gasteiger partial charge on any atom is 0.231 e. The molecule has 2 N–H and O–H groups in total. The monoisotopic (exact) mass is 277 g/mol. The number of nitriles is 1. The van der Waals surface area contributed by atoms with E-state index in [-0.39, 0.29) is 23.4 Å². The van der Waals surface area contributed by atoms with Gasteiger partial charge in [0.1, 0.15) is 11.9 Å². The molecule has 1 aliphatic heterocycles. The number of rotatable bonds is 4. The standard InChI is InChI=1S/C14H16FN3O2/c1-2-17-13-8-20-7-11(13)14(19)18-12-4-3-10(15)5-9(12)6-16/h3-5,11,13,17H,2,7-8H2,1H3,(H,18,19). The molecule has 20 heavy (non-hydrogen) atoms. The number of anilines is 1. The van der Waals surface area contributed by atoms with Gasteiger partial charge in [0, 0.05) is 6.04 Å². The van der Waals surface area contributed by atoms with Crippen molar-refractivity contribution < 1.29 is 13.9 Å². The van der Waals surface area contributed by atoms with Gasteiger partial charge in [-0.2, -0.15) is 5.26 Å². The predicted molar refractivity (Wildman–Crippen MR) is 71.5 cm³/mol. The van der Waals surface area contributed by atoms with Crippen LogP contribution < -0.4 is 10.6 Å². The van der Waals surface area contributed by atoms with E-state index >= 15 is 0 Å². The second-order valence-corrected chi connectivity index (χ2v) is 4.60. The molecular weight excluding hydrogens is 261 g/mol. The number of amides is 1. The van der Waals surface area contributed by atoms with E-state index in [0.29, 0.717) is 18.9 Å². The zero-order valence-electron chi connectivity index (χ0n) is 11.1. The van der Waals surface area contributed by atoms with Gasteiger partial charge in [-0.1, -0.05) is 6.92 Å². The Hall–Kier alpha value is -1.97. The quantitative estimate of drug-likeness (QED) is 0.869. The molecule has 1 aliphatic rings. The zero-order chi connectivity index (χ0) is 14.5. The van der Waals surface area contributed by atoms with Crippen LogP contribution in [0.4, 0.5) is 10.1 Å². The first-order chi connectivity index (χ1) is 9.65. The zero-order valence-corrected chi connectivity index (χ0v) is 11.1. The minimum Gasteiger partial charge on any atom is -0.379 e. The highest BCUT2D eigenvalue weighted by Gasteiger charge is 2.33. The maximum absolute atomic E-state index is 13.0. The lowest BCUT2D eigenvalue weighted by Gasteiger charge is -2.18. The Bertz CT molecular complexity index is 542. The van der Waals surface area contributed by atoms with Gasteiger partial charge < -0.3 is 15.4 Å². The van der Waals surface area contributed by atoms with Gasteiger partial charge >= 0.3 is 0 Å². The summed E-state index contributed by atoms with van der Waals surface area (Å²) in [4.78, 5) is 12.2. The summed E-state index contributed by atoms with van der Waals surface area (Å²) in [6, 6.07) is 5.54. The summed E-state index contributed by atoms with van der Waals surface area (Å²) >= 11 is 0. The number of nitrogens with one attached hydrogen (secondary N) is 2. The van der Waals surface area contributed by atoms with E-state index in [0.717, 1.165) is 12.6 Å². The Balaban J connectivity index is 2.10. The molecule has 0 aromatic heterocycles. The van der Waals surface area contributed by atoms with Crippen molar-refractivity contribution in [1.29, 1.82) is 5.26 Å². The lowest BCUT2D eigenvalue weighted by atomic mass is 10.0. The van der Waals surface area contributed by atoms with E-state index in [1.54, 1.807) is 0 Å². The molecule has 1 saturated heterocycles. The number of benzene rings is 1. The Morgan fingerprint density at radius 1 is 1.55 bits per heavy atom. The number of hydrogen-bond donors (Lipinski definition) is 2. The molecule has 2 unspecified atom stereocenters. The van der Waals surface area contributed by atoms with Gasteiger partial charge in [-0.05, 0) is 24.7 Å². The first kappa shape index (κ1) is 14.4. The van der Waals surface area contributed by atoms with Crippen LogP contribution in [0.5, 0.6) is 0 Å². The third-order valence-electron chi connectivity index (χ3n) is 3.24. The molecule has 5 nitrogen and oxygen atoms in total. The van der Waals surface area contributed by atoms with Crippen LogP contribution in [0.25, 0.3) is 0 Å². The molecule has 1 aromatic rings. The van der Waals surface area contributed by atoms with Crippen LogP contribution >= 0.6 is 0 Å². The number of nitrogens with zero attached hydrogens (tertiary/aromatic N) is 1. The molecule has 1 aromatic carbocycles. The van der Waals surface area contributed by atoms with Gasteiger partial charge in [0.15, 0.2) is 0 Å². The Kier molecular flexibility index (Phi) is 4.66. The van der Waals surface area contributed by atoms with Gasteiger partial charge in [-0.25, -0.2) is 4.39 Å². The van der Waals surface area contributed by atoms with Crippen LogP contribution in [-0.4, -0.2) is 31.7 Å². The van der Waals surface area contributed by atoms with E-state index in [1.807, 2.05) is 13.0 Å². The summed E-state index contributed by atoms with van der Waals surface area (Å²) in [5, 5.41) is 14.8. The van der Waals surface area contributed by atoms with Crippen molar-refractivity contribution in [2.24, 2.45) is 5.92 Å². The fraction of sp³-hybridized carbons (Fsp3) is 0.429. The highest BCUT2D eigenvalue weighted by Crippen LogP contribution is 2.20. The third kappa shape index (κ3) is 3.13. The van der Waals surface area contributed by atoms with Crippen molar-refractivity contribution in [3.63, 3.8) is 0 Å². The smallest absolute Gasteiger partial charge is 0.231 e. The maximum atomic E-state index is 13.0. The summed E-state index contributed by atoms with van der Waals surface area (Å²) < 4.78 is 18.3. The topological polar surface area (TPSA) is 74.2 Å². The first-order valence-electron chi connectivity index (χ1n) is 6.47. The van der Waals surface area contributed by atoms with E-state index < -0.39 is 5.82 Å². The van der Waals surface area contributed by atoms with Gasteiger partial charge in [0.2, 0.25) is 5.91 Å². The van der Waals surface area contributed by atoms with Crippen molar-refractivity contribution in [2.75, 3.05) is 25.1 Å². The number of ether oxygens (including phenoxy) is 1. The van der Waals surface area contributed by atoms with Crippen LogP contribution in [0.3, 0.4) is 0 Å². The summed E-state index contributed by atoms with van der Waals surface area (Å²) in [5.41, 5.74) is 0.429. The molecule has 6 heteroatoms. The average Bonchev–Trinajstić information content (AvgIpc) is 2.89. The SMILES string of the molecule is CCNC1COCC1C(=O)Nc1ccc(F)cc1C#N. The lowest BCUT2D eigenvalue weighted by Crippen LogP contribution is -2.41. The van der Waals surface area contributed by atoms with Gasteiger partial charge in [-0.15, -0.1) is 0 Å². The van der Waals surface area contributed by atoms with Crippen LogP contribution in [0.15, 0.2) is 18.2 Å². The van der Waals surface area contributed by atoms with E-state index in [2.05, 4.69) is 10.6 Å². The second kappa shape index (κ2) is 6.46. The summed E-state index contributed by atoms with van der Waals surface area (Å²) in [6.07, 6.45) is 0. The Labute approximate surface area is 116 Å². The van der Waals surface area contributed by atoms with Crippen LogP contribution in [0.2, 0.25) is 0 Å². The molecule has 1 amide bonds. The molecule has 1 heterocycles. The Morgan fingerprint density at radius 3 is 3.05 bits per heavy atom. The van der Waals surface area contributed by atoms with Crippen molar-refractivity contribution in [1.82, 2.24) is 5.32 Å². The highest BCUT2D eigenvalue weighted by molar-refractivity contribution is 5.94. The van der Waals surface area contributed by atoms with Gasteiger partial charge in [0.05, 0.1) is 30.4 Å². The summed E-state index contributed by atoms with van der Waals surface area (Å²) in [5.74, 6) is -1.04. The first-order valence-corrected chi connectivity index (χ1v) is 6.47. The average molecular weight is 277 g/mol. The van der Waals surface area contributed by atoms with E-state index in [4.69, 9.17) is 10.00 Å². The van der Waals surface area contributed by atoms with Crippen LogP contribution in [0.1, 0.15) is 12.5 Å². The number of hydrogen-bond acceptors (Lipinski definition) is 4. The number of likely N-dealkylation sites (N-methyl/N-ethyl adjacent to an activating group) is 1. The third-order valence-corrected chi connectivity index (χ3v) is 3.24. The van der Waals surface area contributed by atoms with Crippen LogP contribution in [0, 0.1) is 23.1 Å². The highest BCUT2D eigenvalue weighted by atomic mass is 19.1. The largest absolute Gasteiger partial charge is 0.379 e. The number of carbonyl (C=O) groups is 1. The van der Waals surface area contributed by atoms with Gasteiger partial charge in [-0.3, -0.25) is 4.79 Å². The molecule has 0 saturated carbocycles. The minimum atomic E-state index is -0.505. The minimum absolute atomic E-state index is 0.0361. The van der Waals surface area contributed by atoms with Crippen molar-refractivity contribution in [3.8, 4) is 6.07 Å². The molecule has 2 atom stereocenters. The fourth-order valence-corrected chi connectivity index (χ4v) is 2.22. The van der Waals surface area contributed by atoms with Crippen molar-refractivity contribution in [2.45, 2.75) is 13.0 Å². The molecule has 106 valence electrons. The fourth-order valence-electron chi connectivity index (χ4n) is 2.22. The van der Waals surface area contributed by atoms with Gasteiger partial charge in [0.25, 0.3) is 0 Å². The normalized spacial score (nSPS) is 21.4. The molecule has 0 bridgehead atoms. The Morgan fingerprint density at radius 2 is 2.35 bits per heavy atom. The predicted octanol–water partition coefficient (Wildman–Crippen LogP) is 1.26. The molecule has 2 rings (SSSR count). The van der Waals surface area contributed by atoms with Crippen LogP contribution in [-0.2, 0) is 9.53 Å². The molecular formula is C14H16FN3O2.